The molecule has 0 saturated heterocycles. The lowest BCUT2D eigenvalue weighted by Crippen LogP contribution is -2.14. The Hall–Kier alpha value is -2.24. The fraction of sp³-hybridized carbons (Fsp3) is 0.333. The van der Waals surface area contributed by atoms with Crippen molar-refractivity contribution in [3.8, 4) is 0 Å². The molecule has 1 fully saturated rings. The first-order chi connectivity index (χ1) is 8.72. The molecule has 2 aromatic rings. The van der Waals surface area contributed by atoms with Crippen molar-refractivity contribution in [1.29, 1.82) is 0 Å². The van der Waals surface area contributed by atoms with E-state index in [4.69, 9.17) is 0 Å². The van der Waals surface area contributed by atoms with Gasteiger partial charge in [0.2, 0.25) is 0 Å². The van der Waals surface area contributed by atoms with Gasteiger partial charge in [0, 0.05) is 24.9 Å². The molecule has 0 bridgehead atoms. The summed E-state index contributed by atoms with van der Waals surface area (Å²) < 4.78 is 1.63. The lowest BCUT2D eigenvalue weighted by Gasteiger charge is -2.03. The van der Waals surface area contributed by atoms with Crippen molar-refractivity contribution in [2.45, 2.75) is 18.8 Å². The largest absolute Gasteiger partial charge is 0.318 e. The summed E-state index contributed by atoms with van der Waals surface area (Å²) in [5.74, 6) is 0.283. The molecule has 1 aliphatic rings. The summed E-state index contributed by atoms with van der Waals surface area (Å²) in [5.41, 5.74) is 2.02. The first-order valence-electron chi connectivity index (χ1n) is 5.84. The van der Waals surface area contributed by atoms with Crippen molar-refractivity contribution in [1.82, 2.24) is 19.7 Å². The van der Waals surface area contributed by atoms with Gasteiger partial charge >= 0.3 is 0 Å². The first kappa shape index (κ1) is 10.9. The molecular weight excluding hydrogens is 230 g/mol. The predicted molar refractivity (Wildman–Crippen MR) is 65.2 cm³/mol. The monoisotopic (exact) mass is 243 g/mol. The molecule has 1 N–H and O–H groups in total. The molecule has 2 heterocycles. The quantitative estimate of drug-likeness (QED) is 0.882. The highest BCUT2D eigenvalue weighted by molar-refractivity contribution is 6.02. The van der Waals surface area contributed by atoms with Crippen LogP contribution in [-0.2, 0) is 7.05 Å². The smallest absolute Gasteiger partial charge is 0.274 e. The van der Waals surface area contributed by atoms with E-state index in [-0.39, 0.29) is 5.91 Å². The molecule has 0 aliphatic heterocycles. The van der Waals surface area contributed by atoms with Gasteiger partial charge in [-0.15, -0.1) is 0 Å². The lowest BCUT2D eigenvalue weighted by molar-refractivity contribution is 0.102. The van der Waals surface area contributed by atoms with Gasteiger partial charge in [0.1, 0.15) is 12.0 Å². The first-order valence-corrected chi connectivity index (χ1v) is 5.84. The van der Waals surface area contributed by atoms with Gasteiger partial charge < -0.3 is 5.32 Å². The van der Waals surface area contributed by atoms with Gasteiger partial charge in [0.25, 0.3) is 5.91 Å². The van der Waals surface area contributed by atoms with Crippen LogP contribution in [0.15, 0.2) is 24.8 Å². The number of aryl methyl sites for hydroxylation is 1. The van der Waals surface area contributed by atoms with Crippen molar-refractivity contribution < 1.29 is 4.79 Å². The molecule has 0 radical (unpaired) electrons. The summed E-state index contributed by atoms with van der Waals surface area (Å²) in [6, 6.07) is 1.77. The second-order valence-electron chi connectivity index (χ2n) is 4.46. The van der Waals surface area contributed by atoms with Crippen molar-refractivity contribution in [3.05, 3.63) is 36.2 Å². The van der Waals surface area contributed by atoms with Crippen LogP contribution in [0.1, 0.15) is 34.9 Å². The molecule has 6 heteroatoms. The minimum Gasteiger partial charge on any atom is -0.318 e. The Labute approximate surface area is 104 Å². The Morgan fingerprint density at radius 1 is 1.44 bits per heavy atom. The number of nitrogens with zero attached hydrogens (tertiary/aromatic N) is 4. The number of aromatic nitrogens is 4. The Morgan fingerprint density at radius 2 is 2.28 bits per heavy atom. The molecule has 0 aromatic carbocycles. The summed E-state index contributed by atoms with van der Waals surface area (Å²) in [7, 11) is 1.80. The number of hydrogen-bond acceptors (Lipinski definition) is 4. The maximum absolute atomic E-state index is 12.0. The lowest BCUT2D eigenvalue weighted by atomic mass is 10.2. The van der Waals surface area contributed by atoms with Crippen molar-refractivity contribution in [2.24, 2.45) is 7.05 Å². The Bertz CT molecular complexity index is 588. The molecular formula is C12H13N5O. The molecule has 0 atom stereocenters. The van der Waals surface area contributed by atoms with Crippen LogP contribution >= 0.6 is 0 Å². The van der Waals surface area contributed by atoms with Crippen LogP contribution in [-0.4, -0.2) is 25.7 Å². The van der Waals surface area contributed by atoms with E-state index in [9.17, 15) is 4.79 Å². The normalized spacial score (nSPS) is 14.5. The molecule has 1 amide bonds. The van der Waals surface area contributed by atoms with E-state index in [1.165, 1.54) is 6.33 Å². The minimum atomic E-state index is -0.229. The molecule has 0 unspecified atom stereocenters. The van der Waals surface area contributed by atoms with Crippen LogP contribution in [0.25, 0.3) is 0 Å². The van der Waals surface area contributed by atoms with E-state index in [0.717, 1.165) is 18.5 Å². The van der Waals surface area contributed by atoms with E-state index >= 15 is 0 Å². The third-order valence-corrected chi connectivity index (χ3v) is 2.88. The van der Waals surface area contributed by atoms with E-state index in [2.05, 4.69) is 20.4 Å². The number of hydrogen-bond donors (Lipinski definition) is 1. The summed E-state index contributed by atoms with van der Waals surface area (Å²) in [4.78, 5) is 20.2. The zero-order valence-corrected chi connectivity index (χ0v) is 10.00. The third kappa shape index (κ3) is 2.22. The van der Waals surface area contributed by atoms with Gasteiger partial charge in [-0.25, -0.2) is 9.97 Å². The molecule has 6 nitrogen and oxygen atoms in total. The molecule has 1 saturated carbocycles. The number of carbonyl (C=O) groups excluding carboxylic acids is 1. The zero-order valence-electron chi connectivity index (χ0n) is 10.00. The average Bonchev–Trinajstić information content (AvgIpc) is 3.14. The van der Waals surface area contributed by atoms with Gasteiger partial charge in [-0.3, -0.25) is 9.48 Å². The minimum absolute atomic E-state index is 0.229. The predicted octanol–water partition coefficient (Wildman–Crippen LogP) is 1.34. The van der Waals surface area contributed by atoms with Crippen LogP contribution in [0, 0.1) is 0 Å². The number of anilines is 1. The number of rotatable bonds is 3. The van der Waals surface area contributed by atoms with E-state index in [1.54, 1.807) is 30.2 Å². The van der Waals surface area contributed by atoms with Crippen LogP contribution in [0.5, 0.6) is 0 Å². The second-order valence-corrected chi connectivity index (χ2v) is 4.46. The van der Waals surface area contributed by atoms with Gasteiger partial charge in [-0.05, 0) is 18.9 Å². The number of carbonyl (C=O) groups is 1. The van der Waals surface area contributed by atoms with Gasteiger partial charge in [0.15, 0.2) is 0 Å². The summed E-state index contributed by atoms with van der Waals surface area (Å²) in [6.07, 6.45) is 7.09. The number of nitrogens with one attached hydrogen (secondary N) is 1. The number of amides is 1. The highest BCUT2D eigenvalue weighted by atomic mass is 16.1. The van der Waals surface area contributed by atoms with Crippen molar-refractivity contribution >= 4 is 11.6 Å². The van der Waals surface area contributed by atoms with Crippen molar-refractivity contribution in [2.75, 3.05) is 5.32 Å². The summed E-state index contributed by atoms with van der Waals surface area (Å²) in [6.45, 7) is 0. The molecule has 1 aliphatic carbocycles. The Balaban J connectivity index is 1.77. The maximum Gasteiger partial charge on any atom is 0.274 e. The Kier molecular flexibility index (Phi) is 2.55. The average molecular weight is 243 g/mol. The second kappa shape index (κ2) is 4.21. The fourth-order valence-corrected chi connectivity index (χ4v) is 1.78. The van der Waals surface area contributed by atoms with Gasteiger partial charge in [-0.2, -0.15) is 5.10 Å². The molecule has 18 heavy (non-hydrogen) atoms. The molecule has 0 spiro atoms. The highest BCUT2D eigenvalue weighted by Gasteiger charge is 2.25. The zero-order chi connectivity index (χ0) is 12.5. The standard InChI is InChI=1S/C12H13N5O/c1-17-6-9(5-15-17)16-12(18)11-4-10(8-2-3-8)13-7-14-11/h4-8H,2-3H2,1H3,(H,16,18). The van der Waals surface area contributed by atoms with Crippen LogP contribution in [0.4, 0.5) is 5.69 Å². The van der Waals surface area contributed by atoms with E-state index in [0.29, 0.717) is 17.3 Å². The van der Waals surface area contributed by atoms with E-state index in [1.807, 2.05) is 0 Å². The van der Waals surface area contributed by atoms with Crippen LogP contribution in [0.3, 0.4) is 0 Å². The highest BCUT2D eigenvalue weighted by Crippen LogP contribution is 2.38. The summed E-state index contributed by atoms with van der Waals surface area (Å²) in [5, 5.41) is 6.74. The Morgan fingerprint density at radius 3 is 2.94 bits per heavy atom. The SMILES string of the molecule is Cn1cc(NC(=O)c2cc(C3CC3)ncn2)cn1. The topological polar surface area (TPSA) is 72.7 Å². The van der Waals surface area contributed by atoms with Crippen LogP contribution in [0.2, 0.25) is 0 Å². The van der Waals surface area contributed by atoms with Crippen LogP contribution < -0.4 is 5.32 Å². The fourth-order valence-electron chi connectivity index (χ4n) is 1.78. The van der Waals surface area contributed by atoms with Gasteiger partial charge in [-0.1, -0.05) is 0 Å². The van der Waals surface area contributed by atoms with Gasteiger partial charge in [0.05, 0.1) is 11.9 Å². The summed E-state index contributed by atoms with van der Waals surface area (Å²) >= 11 is 0. The van der Waals surface area contributed by atoms with Crippen molar-refractivity contribution in [3.63, 3.8) is 0 Å². The molecule has 92 valence electrons. The molecule has 3 rings (SSSR count). The maximum atomic E-state index is 12.0. The molecule has 2 aromatic heterocycles. The van der Waals surface area contributed by atoms with E-state index < -0.39 is 0 Å². The third-order valence-electron chi connectivity index (χ3n) is 2.88.